The number of nitrogens with one attached hydrogen (secondary N) is 1. The Hall–Kier alpha value is -2.34. The van der Waals surface area contributed by atoms with Gasteiger partial charge < -0.3 is 14.8 Å². The van der Waals surface area contributed by atoms with E-state index in [9.17, 15) is 9.59 Å². The lowest BCUT2D eigenvalue weighted by atomic mass is 9.72. The molecule has 1 aromatic rings. The first-order valence-corrected chi connectivity index (χ1v) is 12.2. The summed E-state index contributed by atoms with van der Waals surface area (Å²) in [5, 5.41) is 2.92. The highest BCUT2D eigenvalue weighted by molar-refractivity contribution is 5.72. The summed E-state index contributed by atoms with van der Waals surface area (Å²) in [6.07, 6.45) is 7.35. The first-order valence-electron chi connectivity index (χ1n) is 12.2. The van der Waals surface area contributed by atoms with Crippen LogP contribution in [0.5, 0.6) is 5.75 Å². The highest BCUT2D eigenvalue weighted by Gasteiger charge is 2.37. The van der Waals surface area contributed by atoms with Gasteiger partial charge in [0.05, 0.1) is 6.42 Å². The summed E-state index contributed by atoms with van der Waals surface area (Å²) in [7, 11) is 4.18. The molecule has 1 aliphatic carbocycles. The zero-order chi connectivity index (χ0) is 24.5. The van der Waals surface area contributed by atoms with Crippen molar-refractivity contribution in [2.45, 2.75) is 71.3 Å². The Morgan fingerprint density at radius 1 is 1.24 bits per heavy atom. The van der Waals surface area contributed by atoms with E-state index in [1.54, 1.807) is 6.08 Å². The van der Waals surface area contributed by atoms with Crippen LogP contribution in [0.15, 0.2) is 36.9 Å². The number of benzene rings is 1. The molecular formula is C27H42N2O4. The third-order valence-corrected chi connectivity index (χ3v) is 7.24. The van der Waals surface area contributed by atoms with E-state index in [2.05, 4.69) is 57.7 Å². The predicted octanol–water partition coefficient (Wildman–Crippen LogP) is 5.67. The molecule has 0 unspecified atom stereocenters. The van der Waals surface area contributed by atoms with Gasteiger partial charge in [-0.3, -0.25) is 9.69 Å². The Morgan fingerprint density at radius 3 is 2.52 bits per heavy atom. The molecule has 184 valence electrons. The Morgan fingerprint density at radius 2 is 1.94 bits per heavy atom. The molecule has 6 nitrogen and oxygen atoms in total. The van der Waals surface area contributed by atoms with E-state index in [0.29, 0.717) is 24.6 Å². The minimum Gasteiger partial charge on any atom is -0.461 e. The summed E-state index contributed by atoms with van der Waals surface area (Å²) in [4.78, 5) is 27.2. The van der Waals surface area contributed by atoms with E-state index in [1.165, 1.54) is 0 Å². The van der Waals surface area contributed by atoms with Crippen LogP contribution in [0.4, 0.5) is 4.79 Å². The molecule has 1 N–H and O–H groups in total. The van der Waals surface area contributed by atoms with Crippen molar-refractivity contribution in [2.24, 2.45) is 11.3 Å². The van der Waals surface area contributed by atoms with Crippen LogP contribution in [0.1, 0.15) is 71.3 Å². The molecule has 0 heterocycles. The number of amides is 1. The van der Waals surface area contributed by atoms with Gasteiger partial charge in [-0.25, -0.2) is 4.79 Å². The maximum absolute atomic E-state index is 12.7. The summed E-state index contributed by atoms with van der Waals surface area (Å²) >= 11 is 0. The summed E-state index contributed by atoms with van der Waals surface area (Å²) in [5.41, 5.74) is 0.703. The smallest absolute Gasteiger partial charge is 0.412 e. The van der Waals surface area contributed by atoms with E-state index in [4.69, 9.17) is 9.47 Å². The summed E-state index contributed by atoms with van der Waals surface area (Å²) in [6.45, 7) is 10.8. The Balaban J connectivity index is 2.08. The van der Waals surface area contributed by atoms with E-state index in [1.807, 2.05) is 18.2 Å². The number of carbonyl (C=O) groups is 2. The Labute approximate surface area is 199 Å². The summed E-state index contributed by atoms with van der Waals surface area (Å²) in [5.74, 6) is 0.662. The average molecular weight is 459 g/mol. The highest BCUT2D eigenvalue weighted by atomic mass is 16.6. The zero-order valence-corrected chi connectivity index (χ0v) is 21.1. The van der Waals surface area contributed by atoms with Gasteiger partial charge in [-0.05, 0) is 62.4 Å². The SMILES string of the molecule is C=CCOC(=O)CC1(CNC(=O)Oc2cccc([C@](CC)(C(C)C)N(C)C)c2)CCCCC1. The van der Waals surface area contributed by atoms with Gasteiger partial charge in [0.2, 0.25) is 0 Å². The highest BCUT2D eigenvalue weighted by Crippen LogP contribution is 2.40. The van der Waals surface area contributed by atoms with Crippen molar-refractivity contribution in [3.05, 3.63) is 42.5 Å². The second-order valence-corrected chi connectivity index (χ2v) is 9.81. The van der Waals surface area contributed by atoms with Gasteiger partial charge in [0.25, 0.3) is 0 Å². The molecule has 33 heavy (non-hydrogen) atoms. The van der Waals surface area contributed by atoms with Crippen molar-refractivity contribution in [1.82, 2.24) is 10.2 Å². The largest absolute Gasteiger partial charge is 0.461 e. The molecule has 6 heteroatoms. The van der Waals surface area contributed by atoms with Gasteiger partial charge in [-0.1, -0.05) is 64.8 Å². The minimum absolute atomic E-state index is 0.145. The third-order valence-electron chi connectivity index (χ3n) is 7.24. The van der Waals surface area contributed by atoms with Crippen molar-refractivity contribution in [3.63, 3.8) is 0 Å². The van der Waals surface area contributed by atoms with Gasteiger partial charge in [-0.2, -0.15) is 0 Å². The normalized spacial score (nSPS) is 17.3. The predicted molar refractivity (Wildman–Crippen MR) is 132 cm³/mol. The van der Waals surface area contributed by atoms with Crippen LogP contribution in [0.2, 0.25) is 0 Å². The molecule has 1 saturated carbocycles. The van der Waals surface area contributed by atoms with Gasteiger partial charge >= 0.3 is 12.1 Å². The van der Waals surface area contributed by atoms with Crippen LogP contribution in [-0.4, -0.2) is 44.2 Å². The molecule has 1 atom stereocenters. The van der Waals surface area contributed by atoms with Gasteiger partial charge in [0.15, 0.2) is 0 Å². The quantitative estimate of drug-likeness (QED) is 0.342. The molecule has 0 aliphatic heterocycles. The topological polar surface area (TPSA) is 67.9 Å². The molecule has 1 aliphatic rings. The number of ether oxygens (including phenoxy) is 2. The van der Waals surface area contributed by atoms with Crippen LogP contribution >= 0.6 is 0 Å². The Kier molecular flexibility index (Phi) is 9.96. The average Bonchev–Trinajstić information content (AvgIpc) is 2.78. The molecule has 1 aromatic carbocycles. The molecule has 1 fully saturated rings. The monoisotopic (exact) mass is 458 g/mol. The van der Waals surface area contributed by atoms with Crippen LogP contribution in [0, 0.1) is 11.3 Å². The van der Waals surface area contributed by atoms with Crippen molar-refractivity contribution >= 4 is 12.1 Å². The molecule has 0 saturated heterocycles. The van der Waals surface area contributed by atoms with Crippen LogP contribution in [-0.2, 0) is 15.1 Å². The second kappa shape index (κ2) is 12.2. The second-order valence-electron chi connectivity index (χ2n) is 9.81. The number of hydrogen-bond acceptors (Lipinski definition) is 5. The van der Waals surface area contributed by atoms with Crippen molar-refractivity contribution in [3.8, 4) is 5.75 Å². The van der Waals surface area contributed by atoms with E-state index in [-0.39, 0.29) is 23.5 Å². The van der Waals surface area contributed by atoms with Gasteiger partial charge in [0, 0.05) is 12.1 Å². The fraction of sp³-hybridized carbons (Fsp3) is 0.630. The molecule has 2 rings (SSSR count). The van der Waals surface area contributed by atoms with E-state index in [0.717, 1.165) is 44.1 Å². The fourth-order valence-corrected chi connectivity index (χ4v) is 5.50. The first kappa shape index (κ1) is 26.9. The fourth-order valence-electron chi connectivity index (χ4n) is 5.50. The summed E-state index contributed by atoms with van der Waals surface area (Å²) < 4.78 is 10.9. The number of carbonyl (C=O) groups excluding carboxylic acids is 2. The standard InChI is InChI=1S/C27H42N2O4/c1-7-17-32-24(30)19-26(15-10-9-11-16-26)20-28-25(31)33-23-14-12-13-22(18-23)27(8-2,21(3)4)29(5)6/h7,12-14,18,21H,1,8-11,15-17,19-20H2,2-6H3,(H,28,31)/t27-/m0/s1. The molecule has 1 amide bonds. The van der Waals surface area contributed by atoms with E-state index < -0.39 is 6.09 Å². The molecule has 0 radical (unpaired) electrons. The number of nitrogens with zero attached hydrogens (tertiary/aromatic N) is 1. The molecule has 0 aromatic heterocycles. The van der Waals surface area contributed by atoms with Gasteiger partial charge in [0.1, 0.15) is 12.4 Å². The maximum Gasteiger partial charge on any atom is 0.412 e. The lowest BCUT2D eigenvalue weighted by Gasteiger charge is -2.43. The number of rotatable bonds is 11. The van der Waals surface area contributed by atoms with Crippen molar-refractivity contribution in [1.29, 1.82) is 0 Å². The van der Waals surface area contributed by atoms with Crippen LogP contribution in [0.25, 0.3) is 0 Å². The molecular weight excluding hydrogens is 416 g/mol. The summed E-state index contributed by atoms with van der Waals surface area (Å²) in [6, 6.07) is 7.81. The van der Waals surface area contributed by atoms with Gasteiger partial charge in [-0.15, -0.1) is 0 Å². The number of esters is 1. The third kappa shape index (κ3) is 6.83. The number of hydrogen-bond donors (Lipinski definition) is 1. The molecule has 0 spiro atoms. The van der Waals surface area contributed by atoms with Crippen molar-refractivity contribution in [2.75, 3.05) is 27.2 Å². The van der Waals surface area contributed by atoms with E-state index >= 15 is 0 Å². The van der Waals surface area contributed by atoms with Crippen molar-refractivity contribution < 1.29 is 19.1 Å². The lowest BCUT2D eigenvalue weighted by Crippen LogP contribution is -2.45. The molecule has 0 bridgehead atoms. The first-order chi connectivity index (χ1) is 15.7. The van der Waals surface area contributed by atoms with Crippen LogP contribution in [0.3, 0.4) is 0 Å². The maximum atomic E-state index is 12.7. The lowest BCUT2D eigenvalue weighted by molar-refractivity contribution is -0.145. The van der Waals surface area contributed by atoms with Crippen LogP contribution < -0.4 is 10.1 Å². The minimum atomic E-state index is -0.493. The zero-order valence-electron chi connectivity index (χ0n) is 21.1. The Bertz CT molecular complexity index is 789.